The molecule has 0 saturated heterocycles. The summed E-state index contributed by atoms with van der Waals surface area (Å²) in [5, 5.41) is 12.0. The summed E-state index contributed by atoms with van der Waals surface area (Å²) in [7, 11) is 0. The van der Waals surface area contributed by atoms with Crippen molar-refractivity contribution < 1.29 is 9.90 Å². The van der Waals surface area contributed by atoms with Gasteiger partial charge >= 0.3 is 5.97 Å². The van der Waals surface area contributed by atoms with Crippen molar-refractivity contribution in [3.63, 3.8) is 0 Å². The summed E-state index contributed by atoms with van der Waals surface area (Å²) in [6.45, 7) is 9.39. The Labute approximate surface area is 93.3 Å². The lowest BCUT2D eigenvalue weighted by atomic mass is 9.86. The topological polar surface area (TPSA) is 49.3 Å². The van der Waals surface area contributed by atoms with E-state index in [1.807, 2.05) is 6.92 Å². The van der Waals surface area contributed by atoms with Crippen molar-refractivity contribution in [3.05, 3.63) is 0 Å². The van der Waals surface area contributed by atoms with Crippen molar-refractivity contribution in [2.24, 2.45) is 5.41 Å². The van der Waals surface area contributed by atoms with Gasteiger partial charge in [-0.15, -0.1) is 0 Å². The van der Waals surface area contributed by atoms with E-state index in [1.165, 1.54) is 0 Å². The molecule has 0 aromatic heterocycles. The molecule has 1 atom stereocenters. The Morgan fingerprint density at radius 3 is 2.40 bits per heavy atom. The fourth-order valence-corrected chi connectivity index (χ4v) is 1.36. The fourth-order valence-electron chi connectivity index (χ4n) is 1.36. The van der Waals surface area contributed by atoms with Crippen LogP contribution in [0.3, 0.4) is 0 Å². The molecule has 0 heterocycles. The number of hydrogen-bond donors (Lipinski definition) is 2. The summed E-state index contributed by atoms with van der Waals surface area (Å²) in [6.07, 6.45) is 3.76. The largest absolute Gasteiger partial charge is 0.480 e. The summed E-state index contributed by atoms with van der Waals surface area (Å²) in [4.78, 5) is 10.9. The van der Waals surface area contributed by atoms with E-state index in [2.05, 4.69) is 26.1 Å². The molecular weight excluding hydrogens is 190 g/mol. The monoisotopic (exact) mass is 215 g/mol. The number of aliphatic carboxylic acids is 1. The van der Waals surface area contributed by atoms with Crippen LogP contribution >= 0.6 is 0 Å². The Bertz CT molecular complexity index is 190. The molecular formula is C12H25NO2. The van der Waals surface area contributed by atoms with Crippen LogP contribution in [0.2, 0.25) is 0 Å². The van der Waals surface area contributed by atoms with Crippen LogP contribution < -0.4 is 5.32 Å². The van der Waals surface area contributed by atoms with Gasteiger partial charge in [-0.05, 0) is 24.8 Å². The minimum Gasteiger partial charge on any atom is -0.480 e. The first-order valence-electron chi connectivity index (χ1n) is 5.89. The molecule has 0 aliphatic rings. The summed E-state index contributed by atoms with van der Waals surface area (Å²) in [5.41, 5.74) is 0.308. The predicted molar refractivity (Wildman–Crippen MR) is 63.0 cm³/mol. The van der Waals surface area contributed by atoms with Gasteiger partial charge in [-0.2, -0.15) is 0 Å². The van der Waals surface area contributed by atoms with Gasteiger partial charge in [0.1, 0.15) is 6.04 Å². The van der Waals surface area contributed by atoms with E-state index >= 15 is 0 Å². The molecule has 0 aliphatic heterocycles. The van der Waals surface area contributed by atoms with Gasteiger partial charge in [-0.3, -0.25) is 4.79 Å². The Kier molecular flexibility index (Phi) is 6.57. The molecule has 3 nitrogen and oxygen atoms in total. The smallest absolute Gasteiger partial charge is 0.320 e. The molecule has 3 heteroatoms. The van der Waals surface area contributed by atoms with E-state index in [4.69, 9.17) is 5.11 Å². The molecule has 1 unspecified atom stereocenters. The van der Waals surface area contributed by atoms with Gasteiger partial charge in [-0.25, -0.2) is 0 Å². The molecule has 90 valence electrons. The highest BCUT2D eigenvalue weighted by Crippen LogP contribution is 2.23. The number of carboxylic acids is 1. The zero-order valence-corrected chi connectivity index (χ0v) is 10.5. The summed E-state index contributed by atoms with van der Waals surface area (Å²) in [5.74, 6) is -0.730. The van der Waals surface area contributed by atoms with Gasteiger partial charge in [0, 0.05) is 0 Å². The standard InChI is InChI=1S/C12H25NO2/c1-5-7-10(11(14)15)13-9-8-12(3,4)6-2/h10,13H,5-9H2,1-4H3,(H,14,15). The zero-order chi connectivity index (χ0) is 11.9. The number of carbonyl (C=O) groups is 1. The van der Waals surface area contributed by atoms with Crippen molar-refractivity contribution >= 4 is 5.97 Å². The third kappa shape index (κ3) is 6.50. The molecule has 0 saturated carbocycles. The van der Waals surface area contributed by atoms with Crippen molar-refractivity contribution in [2.75, 3.05) is 6.54 Å². The van der Waals surface area contributed by atoms with Crippen molar-refractivity contribution in [1.29, 1.82) is 0 Å². The number of hydrogen-bond acceptors (Lipinski definition) is 2. The lowest BCUT2D eigenvalue weighted by molar-refractivity contribution is -0.139. The van der Waals surface area contributed by atoms with E-state index in [0.717, 1.165) is 25.8 Å². The predicted octanol–water partition coefficient (Wildman–Crippen LogP) is 2.66. The van der Waals surface area contributed by atoms with Gasteiger partial charge in [0.05, 0.1) is 0 Å². The minimum atomic E-state index is -0.730. The Morgan fingerprint density at radius 1 is 1.40 bits per heavy atom. The fraction of sp³-hybridized carbons (Fsp3) is 0.917. The van der Waals surface area contributed by atoms with Gasteiger partial charge in [-0.1, -0.05) is 40.5 Å². The Hall–Kier alpha value is -0.570. The normalized spacial score (nSPS) is 13.9. The zero-order valence-electron chi connectivity index (χ0n) is 10.5. The maximum Gasteiger partial charge on any atom is 0.320 e. The van der Waals surface area contributed by atoms with Gasteiger partial charge in [0.15, 0.2) is 0 Å². The molecule has 0 radical (unpaired) electrons. The van der Waals surface area contributed by atoms with Crippen LogP contribution in [0.15, 0.2) is 0 Å². The van der Waals surface area contributed by atoms with E-state index in [-0.39, 0.29) is 6.04 Å². The Balaban J connectivity index is 3.85. The third-order valence-corrected chi connectivity index (χ3v) is 3.03. The highest BCUT2D eigenvalue weighted by Gasteiger charge is 2.18. The summed E-state index contributed by atoms with van der Waals surface area (Å²) in [6, 6.07) is -0.373. The molecule has 0 aromatic rings. The van der Waals surface area contributed by atoms with Gasteiger partial charge < -0.3 is 10.4 Å². The average molecular weight is 215 g/mol. The lowest BCUT2D eigenvalue weighted by Gasteiger charge is -2.23. The molecule has 2 N–H and O–H groups in total. The SMILES string of the molecule is CCCC(NCCC(C)(C)CC)C(=O)O. The second kappa shape index (κ2) is 6.83. The van der Waals surface area contributed by atoms with Crippen LogP contribution in [0.1, 0.15) is 53.4 Å². The van der Waals surface area contributed by atoms with E-state index in [1.54, 1.807) is 0 Å². The minimum absolute atomic E-state index is 0.308. The first kappa shape index (κ1) is 14.4. The second-order valence-corrected chi connectivity index (χ2v) is 4.90. The number of nitrogens with one attached hydrogen (secondary N) is 1. The third-order valence-electron chi connectivity index (χ3n) is 3.03. The van der Waals surface area contributed by atoms with E-state index < -0.39 is 5.97 Å². The Morgan fingerprint density at radius 2 is 2.00 bits per heavy atom. The average Bonchev–Trinajstić information content (AvgIpc) is 2.16. The van der Waals surface area contributed by atoms with E-state index in [0.29, 0.717) is 11.8 Å². The molecule has 0 amide bonds. The van der Waals surface area contributed by atoms with Crippen LogP contribution in [0.5, 0.6) is 0 Å². The van der Waals surface area contributed by atoms with Crippen LogP contribution in [0, 0.1) is 5.41 Å². The van der Waals surface area contributed by atoms with Crippen LogP contribution in [-0.4, -0.2) is 23.7 Å². The number of rotatable bonds is 8. The first-order valence-corrected chi connectivity index (χ1v) is 5.89. The van der Waals surface area contributed by atoms with Crippen molar-refractivity contribution in [1.82, 2.24) is 5.32 Å². The lowest BCUT2D eigenvalue weighted by Crippen LogP contribution is -2.38. The molecule has 0 rings (SSSR count). The molecule has 0 bridgehead atoms. The summed E-state index contributed by atoms with van der Waals surface area (Å²) >= 11 is 0. The molecule has 15 heavy (non-hydrogen) atoms. The van der Waals surface area contributed by atoms with Crippen molar-refractivity contribution in [2.45, 2.75) is 59.4 Å². The molecule has 0 aliphatic carbocycles. The van der Waals surface area contributed by atoms with Crippen LogP contribution in [0.4, 0.5) is 0 Å². The van der Waals surface area contributed by atoms with E-state index in [9.17, 15) is 4.79 Å². The summed E-state index contributed by atoms with van der Waals surface area (Å²) < 4.78 is 0. The molecule has 0 fully saturated rings. The molecule has 0 spiro atoms. The van der Waals surface area contributed by atoms with Crippen LogP contribution in [0.25, 0.3) is 0 Å². The second-order valence-electron chi connectivity index (χ2n) is 4.90. The highest BCUT2D eigenvalue weighted by molar-refractivity contribution is 5.73. The maximum atomic E-state index is 10.9. The molecule has 0 aromatic carbocycles. The highest BCUT2D eigenvalue weighted by atomic mass is 16.4. The maximum absolute atomic E-state index is 10.9. The van der Waals surface area contributed by atoms with Gasteiger partial charge in [0.2, 0.25) is 0 Å². The van der Waals surface area contributed by atoms with Crippen molar-refractivity contribution in [3.8, 4) is 0 Å². The van der Waals surface area contributed by atoms with Crippen LogP contribution in [-0.2, 0) is 4.79 Å². The van der Waals surface area contributed by atoms with Gasteiger partial charge in [0.25, 0.3) is 0 Å². The first-order chi connectivity index (χ1) is 6.93. The quantitative estimate of drug-likeness (QED) is 0.654. The number of carboxylic acid groups (broad SMARTS) is 1.